The van der Waals surface area contributed by atoms with Gasteiger partial charge in [0.15, 0.2) is 0 Å². The zero-order valence-electron chi connectivity index (χ0n) is 14.9. The van der Waals surface area contributed by atoms with E-state index >= 15 is 0 Å². The third-order valence-electron chi connectivity index (χ3n) is 4.68. The van der Waals surface area contributed by atoms with Crippen molar-refractivity contribution in [3.8, 4) is 11.4 Å². The maximum absolute atomic E-state index is 11.3. The third kappa shape index (κ3) is 3.74. The number of anilines is 1. The molecule has 0 spiro atoms. The number of hydrogen-bond donors (Lipinski definition) is 2. The highest BCUT2D eigenvalue weighted by Crippen LogP contribution is 2.31. The fourth-order valence-electron chi connectivity index (χ4n) is 3.20. The molecule has 27 heavy (non-hydrogen) atoms. The topological polar surface area (TPSA) is 83.1 Å². The van der Waals surface area contributed by atoms with Crippen molar-refractivity contribution in [2.24, 2.45) is 0 Å². The summed E-state index contributed by atoms with van der Waals surface area (Å²) in [6.07, 6.45) is 2.51. The molecule has 1 amide bonds. The van der Waals surface area contributed by atoms with Gasteiger partial charge in [-0.15, -0.1) is 0 Å². The van der Waals surface area contributed by atoms with Gasteiger partial charge in [0.25, 0.3) is 0 Å². The Labute approximate surface area is 161 Å². The van der Waals surface area contributed by atoms with Crippen LogP contribution in [0.1, 0.15) is 6.42 Å². The van der Waals surface area contributed by atoms with Crippen LogP contribution < -0.4 is 10.2 Å². The van der Waals surface area contributed by atoms with E-state index in [-0.39, 0.29) is 18.6 Å². The first-order chi connectivity index (χ1) is 13.1. The number of benzene rings is 1. The molecule has 1 unspecified atom stereocenters. The first-order valence-electron chi connectivity index (χ1n) is 8.82. The van der Waals surface area contributed by atoms with Crippen LogP contribution in [0, 0.1) is 0 Å². The predicted molar refractivity (Wildman–Crippen MR) is 105 cm³/mol. The normalized spacial score (nSPS) is 16.8. The van der Waals surface area contributed by atoms with Gasteiger partial charge in [-0.25, -0.2) is 9.97 Å². The molecule has 1 fully saturated rings. The highest BCUT2D eigenvalue weighted by atomic mass is 35.5. The standard InChI is InChI=1S/C19H20ClN5O2/c1-21-18(26)11-27-12-6-7-25(10-12)17-8-13(14(20)9-22-17)19-23-15-4-2-3-5-16(15)24-19/h2-5,8-9,12H,6-7,10-11H2,1H3,(H,21,26)(H,23,24). The van der Waals surface area contributed by atoms with E-state index in [1.54, 1.807) is 13.2 Å². The maximum atomic E-state index is 11.3. The van der Waals surface area contributed by atoms with Gasteiger partial charge in [0.2, 0.25) is 5.91 Å². The Bertz CT molecular complexity index is 941. The van der Waals surface area contributed by atoms with Crippen LogP contribution in [0.2, 0.25) is 5.02 Å². The second-order valence-corrected chi connectivity index (χ2v) is 6.87. The summed E-state index contributed by atoms with van der Waals surface area (Å²) in [5.41, 5.74) is 2.67. The minimum atomic E-state index is -0.120. The number of amides is 1. The Hall–Kier alpha value is -2.64. The van der Waals surface area contributed by atoms with Crippen LogP contribution in [-0.4, -0.2) is 53.7 Å². The Morgan fingerprint density at radius 1 is 1.44 bits per heavy atom. The molecule has 2 N–H and O–H groups in total. The van der Waals surface area contributed by atoms with E-state index in [1.807, 2.05) is 30.3 Å². The molecule has 4 rings (SSSR count). The highest BCUT2D eigenvalue weighted by molar-refractivity contribution is 6.33. The van der Waals surface area contributed by atoms with E-state index in [1.165, 1.54) is 0 Å². The van der Waals surface area contributed by atoms with Crippen LogP contribution in [0.5, 0.6) is 0 Å². The van der Waals surface area contributed by atoms with Gasteiger partial charge in [-0.3, -0.25) is 4.79 Å². The number of likely N-dealkylation sites (N-methyl/N-ethyl adjacent to an activating group) is 1. The molecule has 7 nitrogen and oxygen atoms in total. The number of aromatic nitrogens is 3. The molecule has 140 valence electrons. The average Bonchev–Trinajstić information content (AvgIpc) is 3.33. The van der Waals surface area contributed by atoms with Gasteiger partial charge in [0, 0.05) is 31.9 Å². The summed E-state index contributed by atoms with van der Waals surface area (Å²) in [6.45, 7) is 1.57. The van der Waals surface area contributed by atoms with E-state index in [0.29, 0.717) is 11.6 Å². The van der Waals surface area contributed by atoms with E-state index in [2.05, 4.69) is 25.2 Å². The summed E-state index contributed by atoms with van der Waals surface area (Å²) < 4.78 is 5.66. The minimum Gasteiger partial charge on any atom is -0.367 e. The van der Waals surface area contributed by atoms with E-state index in [4.69, 9.17) is 16.3 Å². The van der Waals surface area contributed by atoms with Crippen molar-refractivity contribution in [3.05, 3.63) is 41.6 Å². The fourth-order valence-corrected chi connectivity index (χ4v) is 3.39. The highest BCUT2D eigenvalue weighted by Gasteiger charge is 2.25. The lowest BCUT2D eigenvalue weighted by Gasteiger charge is -2.18. The molecule has 1 atom stereocenters. The van der Waals surface area contributed by atoms with Crippen LogP contribution in [0.25, 0.3) is 22.4 Å². The number of pyridine rings is 1. The number of carbonyl (C=O) groups is 1. The number of ether oxygens (including phenoxy) is 1. The molecular weight excluding hydrogens is 366 g/mol. The van der Waals surface area contributed by atoms with Gasteiger partial charge < -0.3 is 19.9 Å². The Morgan fingerprint density at radius 2 is 2.30 bits per heavy atom. The smallest absolute Gasteiger partial charge is 0.245 e. The number of aromatic amines is 1. The van der Waals surface area contributed by atoms with Gasteiger partial charge in [-0.2, -0.15) is 0 Å². The predicted octanol–water partition coefficient (Wildman–Crippen LogP) is 2.62. The number of halogens is 1. The monoisotopic (exact) mass is 385 g/mol. The molecule has 3 aromatic rings. The van der Waals surface area contributed by atoms with Crippen LogP contribution in [0.3, 0.4) is 0 Å². The molecule has 1 aromatic carbocycles. The largest absolute Gasteiger partial charge is 0.367 e. The van der Waals surface area contributed by atoms with Gasteiger partial charge in [-0.05, 0) is 24.6 Å². The average molecular weight is 386 g/mol. The van der Waals surface area contributed by atoms with Crippen molar-refractivity contribution in [3.63, 3.8) is 0 Å². The molecule has 2 aromatic heterocycles. The Kier molecular flexibility index (Phi) is 4.96. The van der Waals surface area contributed by atoms with Crippen LogP contribution in [0.4, 0.5) is 5.82 Å². The molecule has 3 heterocycles. The number of para-hydroxylation sites is 2. The van der Waals surface area contributed by atoms with Crippen molar-refractivity contribution < 1.29 is 9.53 Å². The van der Waals surface area contributed by atoms with Gasteiger partial charge in [-0.1, -0.05) is 23.7 Å². The summed E-state index contributed by atoms with van der Waals surface area (Å²) in [4.78, 5) is 25.9. The molecule has 8 heteroatoms. The first kappa shape index (κ1) is 17.8. The van der Waals surface area contributed by atoms with Gasteiger partial charge in [0.05, 0.1) is 22.2 Å². The SMILES string of the molecule is CNC(=O)COC1CCN(c2cc(-c3nc4ccccc4[nH]3)c(Cl)cn2)C1. The number of rotatable bonds is 5. The molecule has 0 radical (unpaired) electrons. The van der Waals surface area contributed by atoms with Crippen molar-refractivity contribution in [2.45, 2.75) is 12.5 Å². The summed E-state index contributed by atoms with van der Waals surface area (Å²) in [6, 6.07) is 9.81. The molecule has 0 bridgehead atoms. The molecule has 1 aliphatic heterocycles. The number of H-pyrrole nitrogens is 1. The van der Waals surface area contributed by atoms with Crippen LogP contribution >= 0.6 is 11.6 Å². The van der Waals surface area contributed by atoms with Gasteiger partial charge >= 0.3 is 0 Å². The van der Waals surface area contributed by atoms with Crippen LogP contribution in [-0.2, 0) is 9.53 Å². The Balaban J connectivity index is 1.53. The molecule has 0 aliphatic carbocycles. The minimum absolute atomic E-state index is 0.00873. The third-order valence-corrected chi connectivity index (χ3v) is 4.98. The second kappa shape index (κ2) is 7.54. The summed E-state index contributed by atoms with van der Waals surface area (Å²) in [7, 11) is 1.60. The maximum Gasteiger partial charge on any atom is 0.245 e. The number of hydrogen-bond acceptors (Lipinski definition) is 5. The zero-order valence-corrected chi connectivity index (χ0v) is 15.7. The summed E-state index contributed by atoms with van der Waals surface area (Å²) >= 11 is 6.38. The van der Waals surface area contributed by atoms with Crippen molar-refractivity contribution >= 4 is 34.4 Å². The molecular formula is C19H20ClN5O2. The summed E-state index contributed by atoms with van der Waals surface area (Å²) in [5, 5.41) is 3.11. The number of nitrogens with zero attached hydrogens (tertiary/aromatic N) is 3. The molecule has 1 aliphatic rings. The van der Waals surface area contributed by atoms with Crippen molar-refractivity contribution in [1.82, 2.24) is 20.3 Å². The number of nitrogens with one attached hydrogen (secondary N) is 2. The number of imidazole rings is 1. The van der Waals surface area contributed by atoms with E-state index < -0.39 is 0 Å². The first-order valence-corrected chi connectivity index (χ1v) is 9.19. The lowest BCUT2D eigenvalue weighted by atomic mass is 10.2. The number of fused-ring (bicyclic) bond motifs is 1. The summed E-state index contributed by atoms with van der Waals surface area (Å²) in [5.74, 6) is 1.42. The Morgan fingerprint density at radius 3 is 3.11 bits per heavy atom. The second-order valence-electron chi connectivity index (χ2n) is 6.47. The lowest BCUT2D eigenvalue weighted by molar-refractivity contribution is -0.126. The fraction of sp³-hybridized carbons (Fsp3) is 0.316. The van der Waals surface area contributed by atoms with E-state index in [0.717, 1.165) is 41.2 Å². The van der Waals surface area contributed by atoms with Gasteiger partial charge in [0.1, 0.15) is 18.2 Å². The zero-order chi connectivity index (χ0) is 18.8. The molecule has 0 saturated carbocycles. The van der Waals surface area contributed by atoms with Crippen molar-refractivity contribution in [2.75, 3.05) is 31.6 Å². The molecule has 1 saturated heterocycles. The number of carbonyl (C=O) groups excluding carboxylic acids is 1. The lowest BCUT2D eigenvalue weighted by Crippen LogP contribution is -2.29. The quantitative estimate of drug-likeness (QED) is 0.705. The van der Waals surface area contributed by atoms with Crippen molar-refractivity contribution in [1.29, 1.82) is 0 Å². The van der Waals surface area contributed by atoms with Crippen LogP contribution in [0.15, 0.2) is 36.5 Å². The van der Waals surface area contributed by atoms with E-state index in [9.17, 15) is 4.79 Å².